The molecule has 0 heterocycles. The highest BCUT2D eigenvalue weighted by Gasteiger charge is 2.14. The van der Waals surface area contributed by atoms with Crippen LogP contribution in [0, 0.1) is 11.6 Å². The molecule has 0 unspecified atom stereocenters. The van der Waals surface area contributed by atoms with Crippen molar-refractivity contribution in [2.45, 2.75) is 47.5 Å². The third kappa shape index (κ3) is 4.13. The maximum atomic E-state index is 13.7. The van der Waals surface area contributed by atoms with Crippen LogP contribution in [0.4, 0.5) is 8.78 Å². The average molecular weight is 292 g/mol. The summed E-state index contributed by atoms with van der Waals surface area (Å²) in [5.41, 5.74) is 1.32. The number of fused-ring (bicyclic) bond motifs is 1. The van der Waals surface area contributed by atoms with Crippen LogP contribution in [0.2, 0.25) is 0 Å². The molecule has 21 heavy (non-hydrogen) atoms. The molecule has 0 N–H and O–H groups in total. The van der Waals surface area contributed by atoms with Crippen molar-refractivity contribution in [2.75, 3.05) is 0 Å². The average Bonchev–Trinajstić information content (AvgIpc) is 2.51. The number of rotatable bonds is 2. The normalized spacial score (nSPS) is 9.57. The van der Waals surface area contributed by atoms with Gasteiger partial charge in [-0.3, -0.25) is 0 Å². The van der Waals surface area contributed by atoms with Crippen molar-refractivity contribution in [1.82, 2.24) is 0 Å². The summed E-state index contributed by atoms with van der Waals surface area (Å²) in [5.74, 6) is -0.873. The molecule has 0 aliphatic rings. The monoisotopic (exact) mass is 292 g/mol. The van der Waals surface area contributed by atoms with Crippen LogP contribution in [0.15, 0.2) is 30.8 Å². The van der Waals surface area contributed by atoms with Crippen molar-refractivity contribution in [1.29, 1.82) is 0 Å². The molecule has 0 bridgehead atoms. The molecular weight excluding hydrogens is 266 g/mol. The molecule has 2 aromatic carbocycles. The lowest BCUT2D eigenvalue weighted by molar-refractivity contribution is 0.590. The zero-order valence-corrected chi connectivity index (χ0v) is 13.9. The van der Waals surface area contributed by atoms with E-state index in [1.807, 2.05) is 47.6 Å². The predicted octanol–water partition coefficient (Wildman–Crippen LogP) is 6.94. The minimum atomic E-state index is -0.557. The zero-order chi connectivity index (χ0) is 16.6. The van der Waals surface area contributed by atoms with E-state index in [4.69, 9.17) is 0 Å². The van der Waals surface area contributed by atoms with E-state index >= 15 is 0 Å². The second-order valence-corrected chi connectivity index (χ2v) is 4.38. The van der Waals surface area contributed by atoms with Gasteiger partial charge < -0.3 is 0 Å². The lowest BCUT2D eigenvalue weighted by atomic mass is 9.92. The summed E-state index contributed by atoms with van der Waals surface area (Å²) in [6.45, 7) is 15.6. The van der Waals surface area contributed by atoms with Crippen molar-refractivity contribution in [3.63, 3.8) is 0 Å². The Morgan fingerprint density at radius 3 is 2.05 bits per heavy atom. The third-order valence-corrected chi connectivity index (χ3v) is 2.96. The molecule has 0 aliphatic carbocycles. The fourth-order valence-electron chi connectivity index (χ4n) is 2.14. The summed E-state index contributed by atoms with van der Waals surface area (Å²) in [6.07, 6.45) is 1.45. The number of hydrogen-bond donors (Lipinski definition) is 0. The van der Waals surface area contributed by atoms with Crippen LogP contribution in [0.5, 0.6) is 0 Å². The molecule has 0 fully saturated rings. The molecule has 0 saturated heterocycles. The van der Waals surface area contributed by atoms with Gasteiger partial charge in [0.2, 0.25) is 0 Å². The van der Waals surface area contributed by atoms with Crippen LogP contribution >= 0.6 is 0 Å². The summed E-state index contributed by atoms with van der Waals surface area (Å²) in [4.78, 5) is 0. The highest BCUT2D eigenvalue weighted by molar-refractivity contribution is 5.94. The largest absolute Gasteiger partial charge is 0.206 e. The van der Waals surface area contributed by atoms with Crippen LogP contribution in [-0.2, 0) is 0 Å². The Balaban J connectivity index is 0.000000921. The van der Waals surface area contributed by atoms with Crippen LogP contribution in [0.25, 0.3) is 16.8 Å². The summed E-state index contributed by atoms with van der Waals surface area (Å²) >= 11 is 0. The molecule has 2 rings (SSSR count). The highest BCUT2D eigenvalue weighted by atomic mass is 19.1. The van der Waals surface area contributed by atoms with Crippen LogP contribution in [-0.4, -0.2) is 0 Å². The SMILES string of the molecule is C=Cc1c(F)cc(F)c2cccc(C(C)C)c12.CC.CC. The van der Waals surface area contributed by atoms with Crippen LogP contribution < -0.4 is 0 Å². The summed E-state index contributed by atoms with van der Waals surface area (Å²) in [7, 11) is 0. The lowest BCUT2D eigenvalue weighted by Crippen LogP contribution is -1.96. The van der Waals surface area contributed by atoms with Gasteiger partial charge in [0.25, 0.3) is 0 Å². The Morgan fingerprint density at radius 2 is 1.57 bits per heavy atom. The van der Waals surface area contributed by atoms with E-state index in [-0.39, 0.29) is 5.92 Å². The van der Waals surface area contributed by atoms with Gasteiger partial charge in [0.1, 0.15) is 11.6 Å². The molecule has 0 saturated carbocycles. The Bertz CT molecular complexity index is 584. The highest BCUT2D eigenvalue weighted by Crippen LogP contribution is 2.32. The van der Waals surface area contributed by atoms with Gasteiger partial charge in [-0.15, -0.1) is 0 Å². The second-order valence-electron chi connectivity index (χ2n) is 4.38. The first-order chi connectivity index (χ1) is 10.1. The van der Waals surface area contributed by atoms with E-state index in [0.29, 0.717) is 16.3 Å². The van der Waals surface area contributed by atoms with Gasteiger partial charge in [-0.1, -0.05) is 72.4 Å². The Labute approximate surface area is 127 Å². The fourth-order valence-corrected chi connectivity index (χ4v) is 2.14. The summed E-state index contributed by atoms with van der Waals surface area (Å²) in [5, 5.41) is 1.09. The maximum absolute atomic E-state index is 13.7. The van der Waals surface area contributed by atoms with E-state index < -0.39 is 11.6 Å². The molecule has 2 aromatic rings. The molecule has 0 aliphatic heterocycles. The topological polar surface area (TPSA) is 0 Å². The first-order valence-corrected chi connectivity index (χ1v) is 7.59. The number of halogens is 2. The molecule has 116 valence electrons. The van der Waals surface area contributed by atoms with Gasteiger partial charge in [-0.2, -0.15) is 0 Å². The molecule has 0 radical (unpaired) electrons. The minimum Gasteiger partial charge on any atom is -0.206 e. The smallest absolute Gasteiger partial charge is 0.133 e. The first kappa shape index (κ1) is 19.3. The van der Waals surface area contributed by atoms with Gasteiger partial charge >= 0.3 is 0 Å². The molecule has 0 nitrogen and oxygen atoms in total. The Kier molecular flexibility index (Phi) is 8.52. The van der Waals surface area contributed by atoms with Crippen LogP contribution in [0.3, 0.4) is 0 Å². The van der Waals surface area contributed by atoms with E-state index in [9.17, 15) is 8.78 Å². The Morgan fingerprint density at radius 1 is 1.00 bits per heavy atom. The van der Waals surface area contributed by atoms with Gasteiger partial charge in [0.05, 0.1) is 0 Å². The fraction of sp³-hybridized carbons (Fsp3) is 0.368. The molecule has 0 amide bonds. The summed E-state index contributed by atoms with van der Waals surface area (Å²) < 4.78 is 27.4. The van der Waals surface area contributed by atoms with Crippen molar-refractivity contribution in [3.8, 4) is 0 Å². The van der Waals surface area contributed by atoms with Crippen molar-refractivity contribution < 1.29 is 8.78 Å². The van der Waals surface area contributed by atoms with Crippen molar-refractivity contribution in [2.24, 2.45) is 0 Å². The second kappa shape index (κ2) is 9.28. The Hall–Kier alpha value is -1.70. The number of benzene rings is 2. The molecule has 0 atom stereocenters. The van der Waals surface area contributed by atoms with E-state index in [2.05, 4.69) is 6.58 Å². The van der Waals surface area contributed by atoms with Gasteiger partial charge in [-0.05, 0) is 16.9 Å². The predicted molar refractivity (Wildman–Crippen MR) is 90.7 cm³/mol. The number of hydrogen-bond acceptors (Lipinski definition) is 0. The lowest BCUT2D eigenvalue weighted by Gasteiger charge is -2.13. The molecule has 0 spiro atoms. The first-order valence-electron chi connectivity index (χ1n) is 7.59. The van der Waals surface area contributed by atoms with E-state index in [1.165, 1.54) is 6.08 Å². The molecule has 0 aromatic heterocycles. The zero-order valence-electron chi connectivity index (χ0n) is 13.9. The van der Waals surface area contributed by atoms with Gasteiger partial charge in [-0.25, -0.2) is 8.78 Å². The molecule has 2 heteroatoms. The third-order valence-electron chi connectivity index (χ3n) is 2.96. The van der Waals surface area contributed by atoms with Gasteiger partial charge in [0.15, 0.2) is 0 Å². The van der Waals surface area contributed by atoms with Crippen molar-refractivity contribution >= 4 is 16.8 Å². The van der Waals surface area contributed by atoms with E-state index in [0.717, 1.165) is 11.6 Å². The van der Waals surface area contributed by atoms with Crippen molar-refractivity contribution in [3.05, 3.63) is 53.6 Å². The standard InChI is InChI=1S/C15H14F2.2C2H6/c1-4-10-13(16)8-14(17)12-7-5-6-11(9(2)3)15(10)12;2*1-2/h4-9H,1H2,2-3H3;2*1-2H3. The molecular formula is C19H26F2. The quantitative estimate of drug-likeness (QED) is 0.562. The maximum Gasteiger partial charge on any atom is 0.133 e. The van der Waals surface area contributed by atoms with Crippen LogP contribution in [0.1, 0.15) is 58.6 Å². The minimum absolute atomic E-state index is 0.207. The van der Waals surface area contributed by atoms with Gasteiger partial charge in [0, 0.05) is 17.0 Å². The summed E-state index contributed by atoms with van der Waals surface area (Å²) in [6, 6.07) is 6.29. The van der Waals surface area contributed by atoms with E-state index in [1.54, 1.807) is 12.1 Å².